The number of hydrogen-bond acceptors (Lipinski definition) is 6. The molecule has 0 saturated carbocycles. The van der Waals surface area contributed by atoms with Crippen LogP contribution < -0.4 is 16.4 Å². The van der Waals surface area contributed by atoms with Crippen molar-refractivity contribution < 1.29 is 4.79 Å². The van der Waals surface area contributed by atoms with Gasteiger partial charge in [0, 0.05) is 11.6 Å². The molecule has 120 valence electrons. The van der Waals surface area contributed by atoms with E-state index in [1.807, 2.05) is 39.5 Å². The van der Waals surface area contributed by atoms with Crippen molar-refractivity contribution in [2.45, 2.75) is 52.6 Å². The van der Waals surface area contributed by atoms with E-state index in [-0.39, 0.29) is 17.5 Å². The fourth-order valence-corrected chi connectivity index (χ4v) is 3.44. The summed E-state index contributed by atoms with van der Waals surface area (Å²) in [6, 6.07) is 0.136. The average molecular weight is 331 g/mol. The first-order chi connectivity index (χ1) is 9.73. The van der Waals surface area contributed by atoms with E-state index in [4.69, 9.17) is 5.73 Å². The van der Waals surface area contributed by atoms with Crippen LogP contribution in [0.2, 0.25) is 0 Å². The number of hydrogen-bond donors (Lipinski definition) is 3. The molecule has 1 unspecified atom stereocenters. The van der Waals surface area contributed by atoms with Gasteiger partial charge in [-0.25, -0.2) is 4.98 Å². The smallest absolute Gasteiger partial charge is 0.265 e. The van der Waals surface area contributed by atoms with E-state index in [2.05, 4.69) is 22.5 Å². The summed E-state index contributed by atoms with van der Waals surface area (Å²) < 4.78 is 0. The number of aromatic nitrogens is 1. The summed E-state index contributed by atoms with van der Waals surface area (Å²) in [6.07, 6.45) is 0.954. The Morgan fingerprint density at radius 1 is 1.48 bits per heavy atom. The molecule has 1 amide bonds. The van der Waals surface area contributed by atoms with Gasteiger partial charge in [0.05, 0.1) is 0 Å². The van der Waals surface area contributed by atoms with Crippen LogP contribution >= 0.6 is 23.1 Å². The van der Waals surface area contributed by atoms with Crippen molar-refractivity contribution >= 4 is 40.0 Å². The lowest BCUT2D eigenvalue weighted by molar-refractivity contribution is 0.0944. The van der Waals surface area contributed by atoms with Gasteiger partial charge in [-0.1, -0.05) is 18.3 Å². The number of nitrogens with zero attached hydrogens (tertiary/aromatic N) is 1. The van der Waals surface area contributed by atoms with Crippen molar-refractivity contribution in [3.63, 3.8) is 0 Å². The van der Waals surface area contributed by atoms with E-state index in [0.717, 1.165) is 17.9 Å². The molecule has 0 spiro atoms. The Kier molecular flexibility index (Phi) is 6.80. The third-order valence-corrected chi connectivity index (χ3v) is 4.54. The first-order valence-electron chi connectivity index (χ1n) is 7.16. The van der Waals surface area contributed by atoms with Gasteiger partial charge in [-0.05, 0) is 45.6 Å². The SMILES string of the molecule is CCSCCC(C)NC(=O)c1sc(NC(C)(C)C)nc1N. The molecule has 0 radical (unpaired) electrons. The highest BCUT2D eigenvalue weighted by Crippen LogP contribution is 2.27. The lowest BCUT2D eigenvalue weighted by Gasteiger charge is -2.19. The van der Waals surface area contributed by atoms with Gasteiger partial charge in [0.1, 0.15) is 10.7 Å². The van der Waals surface area contributed by atoms with Crippen LogP contribution in [0.5, 0.6) is 0 Å². The molecular formula is C14H26N4OS2. The molecule has 1 atom stereocenters. The molecule has 21 heavy (non-hydrogen) atoms. The van der Waals surface area contributed by atoms with Crippen molar-refractivity contribution in [3.8, 4) is 0 Å². The predicted octanol–water partition coefficient (Wildman–Crippen LogP) is 3.20. The van der Waals surface area contributed by atoms with Gasteiger partial charge in [0.2, 0.25) is 0 Å². The average Bonchev–Trinajstić information content (AvgIpc) is 2.68. The molecule has 0 bridgehead atoms. The summed E-state index contributed by atoms with van der Waals surface area (Å²) in [6.45, 7) is 10.3. The lowest BCUT2D eigenvalue weighted by Crippen LogP contribution is -2.32. The van der Waals surface area contributed by atoms with Crippen LogP contribution in [0.4, 0.5) is 10.9 Å². The van der Waals surface area contributed by atoms with Crippen molar-refractivity contribution in [3.05, 3.63) is 4.88 Å². The second-order valence-corrected chi connectivity index (χ2v) is 8.36. The summed E-state index contributed by atoms with van der Waals surface area (Å²) in [5.41, 5.74) is 5.74. The zero-order chi connectivity index (χ0) is 16.0. The van der Waals surface area contributed by atoms with E-state index < -0.39 is 0 Å². The summed E-state index contributed by atoms with van der Waals surface area (Å²) in [4.78, 5) is 16.9. The fourth-order valence-electron chi connectivity index (χ4n) is 1.63. The maximum absolute atomic E-state index is 12.2. The maximum Gasteiger partial charge on any atom is 0.265 e. The Balaban J connectivity index is 2.62. The van der Waals surface area contributed by atoms with Crippen molar-refractivity contribution in [1.82, 2.24) is 10.3 Å². The minimum Gasteiger partial charge on any atom is -0.382 e. The van der Waals surface area contributed by atoms with Crippen LogP contribution in [0.25, 0.3) is 0 Å². The van der Waals surface area contributed by atoms with Gasteiger partial charge in [-0.3, -0.25) is 4.79 Å². The number of amides is 1. The molecule has 1 rings (SSSR count). The van der Waals surface area contributed by atoms with Crippen LogP contribution in [0.3, 0.4) is 0 Å². The summed E-state index contributed by atoms with van der Waals surface area (Å²) in [7, 11) is 0. The monoisotopic (exact) mass is 330 g/mol. The second-order valence-electron chi connectivity index (χ2n) is 5.97. The molecular weight excluding hydrogens is 304 g/mol. The lowest BCUT2D eigenvalue weighted by atomic mass is 10.1. The summed E-state index contributed by atoms with van der Waals surface area (Å²) in [5, 5.41) is 6.90. The van der Waals surface area contributed by atoms with Crippen LogP contribution in [0.15, 0.2) is 0 Å². The van der Waals surface area contributed by atoms with Gasteiger partial charge < -0.3 is 16.4 Å². The van der Waals surface area contributed by atoms with Gasteiger partial charge in [-0.2, -0.15) is 11.8 Å². The van der Waals surface area contributed by atoms with Crippen LogP contribution in [0.1, 0.15) is 50.7 Å². The number of rotatable bonds is 7. The number of nitrogens with two attached hydrogens (primary N) is 1. The number of thiazole rings is 1. The molecule has 0 aliphatic heterocycles. The quantitative estimate of drug-likeness (QED) is 0.669. The third-order valence-electron chi connectivity index (χ3n) is 2.62. The molecule has 1 aromatic rings. The van der Waals surface area contributed by atoms with E-state index in [1.54, 1.807) is 0 Å². The molecule has 4 N–H and O–H groups in total. The Bertz CT molecular complexity index is 468. The van der Waals surface area contributed by atoms with E-state index >= 15 is 0 Å². The van der Waals surface area contributed by atoms with Crippen LogP contribution in [-0.2, 0) is 0 Å². The largest absolute Gasteiger partial charge is 0.382 e. The fraction of sp³-hybridized carbons (Fsp3) is 0.714. The highest BCUT2D eigenvalue weighted by molar-refractivity contribution is 7.99. The molecule has 0 fully saturated rings. The summed E-state index contributed by atoms with van der Waals surface area (Å²) in [5.74, 6) is 2.30. The highest BCUT2D eigenvalue weighted by atomic mass is 32.2. The Hall–Kier alpha value is -0.950. The zero-order valence-electron chi connectivity index (χ0n) is 13.4. The molecule has 7 heteroatoms. The highest BCUT2D eigenvalue weighted by Gasteiger charge is 2.20. The first kappa shape index (κ1) is 18.1. The van der Waals surface area contributed by atoms with Crippen LogP contribution in [0, 0.1) is 0 Å². The van der Waals surface area contributed by atoms with Crippen molar-refractivity contribution in [1.29, 1.82) is 0 Å². The minimum absolute atomic E-state index is 0.108. The molecule has 0 saturated heterocycles. The normalized spacial score (nSPS) is 13.0. The van der Waals surface area contributed by atoms with Gasteiger partial charge in [0.15, 0.2) is 5.13 Å². The van der Waals surface area contributed by atoms with E-state index in [0.29, 0.717) is 15.8 Å². The Morgan fingerprint density at radius 2 is 2.14 bits per heavy atom. The molecule has 5 nitrogen and oxygen atoms in total. The second kappa shape index (κ2) is 7.89. The molecule has 0 aliphatic carbocycles. The standard InChI is InChI=1S/C14H26N4OS2/c1-6-20-8-7-9(2)16-12(19)10-11(15)17-13(21-10)18-14(3,4)5/h9H,6-8,15H2,1-5H3,(H,16,19)(H,17,18). The summed E-state index contributed by atoms with van der Waals surface area (Å²) >= 11 is 3.18. The number of thioether (sulfide) groups is 1. The van der Waals surface area contributed by atoms with Gasteiger partial charge in [0.25, 0.3) is 5.91 Å². The van der Waals surface area contributed by atoms with Gasteiger partial charge in [-0.15, -0.1) is 0 Å². The number of carbonyl (C=O) groups is 1. The molecule has 1 aromatic heterocycles. The molecule has 0 aromatic carbocycles. The van der Waals surface area contributed by atoms with E-state index in [1.165, 1.54) is 11.3 Å². The van der Waals surface area contributed by atoms with Gasteiger partial charge >= 0.3 is 0 Å². The molecule has 0 aliphatic rings. The van der Waals surface area contributed by atoms with Crippen molar-refractivity contribution in [2.24, 2.45) is 0 Å². The third kappa shape index (κ3) is 6.56. The van der Waals surface area contributed by atoms with Crippen molar-refractivity contribution in [2.75, 3.05) is 22.6 Å². The maximum atomic E-state index is 12.2. The number of carbonyl (C=O) groups excluding carboxylic acids is 1. The Morgan fingerprint density at radius 3 is 2.71 bits per heavy atom. The minimum atomic E-state index is -0.138. The topological polar surface area (TPSA) is 80.0 Å². The Labute approximate surface area is 135 Å². The first-order valence-corrected chi connectivity index (χ1v) is 9.13. The van der Waals surface area contributed by atoms with Crippen LogP contribution in [-0.4, -0.2) is 34.0 Å². The number of anilines is 2. The zero-order valence-corrected chi connectivity index (χ0v) is 15.1. The number of nitrogens with one attached hydrogen (secondary N) is 2. The van der Waals surface area contributed by atoms with E-state index in [9.17, 15) is 4.79 Å². The number of nitrogen functional groups attached to an aromatic ring is 1. The molecule has 1 heterocycles. The predicted molar refractivity (Wildman–Crippen MR) is 94.4 cm³/mol.